The molecule has 1 aromatic rings. The summed E-state index contributed by atoms with van der Waals surface area (Å²) >= 11 is 3.18. The Hall–Kier alpha value is -1.70. The second-order valence-corrected chi connectivity index (χ2v) is 6.77. The van der Waals surface area contributed by atoms with Gasteiger partial charge in [-0.3, -0.25) is 5.32 Å². The third-order valence-corrected chi connectivity index (χ3v) is 3.45. The van der Waals surface area contributed by atoms with Crippen molar-refractivity contribution in [3.05, 3.63) is 16.8 Å². The van der Waals surface area contributed by atoms with Crippen molar-refractivity contribution in [3.63, 3.8) is 0 Å². The van der Waals surface area contributed by atoms with Crippen LogP contribution in [0.4, 0.5) is 15.5 Å². The lowest BCUT2D eigenvalue weighted by molar-refractivity contribution is 0.0174. The van der Waals surface area contributed by atoms with E-state index in [0.29, 0.717) is 36.7 Å². The van der Waals surface area contributed by atoms with E-state index in [1.165, 1.54) is 0 Å². The Labute approximate surface area is 137 Å². The topological polar surface area (TPSA) is 75.0 Å². The lowest BCUT2D eigenvalue weighted by Crippen LogP contribution is -2.52. The Kier molecular flexibility index (Phi) is 5.00. The van der Waals surface area contributed by atoms with Gasteiger partial charge in [-0.15, -0.1) is 0 Å². The molecule has 7 nitrogen and oxygen atoms in total. The summed E-state index contributed by atoms with van der Waals surface area (Å²) in [6, 6.07) is 3.13. The molecule has 1 fully saturated rings. The molecule has 2 rings (SSSR count). The van der Waals surface area contributed by atoms with Crippen LogP contribution in [0.5, 0.6) is 0 Å². The number of urea groups is 1. The number of piperazine rings is 1. The molecule has 0 unspecified atom stereocenters. The molecule has 0 atom stereocenters. The highest BCUT2D eigenvalue weighted by molar-refractivity contribution is 9.10. The predicted molar refractivity (Wildman–Crippen MR) is 84.8 cm³/mol. The number of nitrogens with one attached hydrogen (secondary N) is 1. The van der Waals surface area contributed by atoms with Gasteiger partial charge in [0.2, 0.25) is 5.88 Å². The molecule has 1 N–H and O–H groups in total. The molecule has 0 aromatic carbocycles. The van der Waals surface area contributed by atoms with Crippen LogP contribution in [-0.4, -0.2) is 53.7 Å². The van der Waals surface area contributed by atoms with Gasteiger partial charge in [-0.25, -0.2) is 9.59 Å². The van der Waals surface area contributed by atoms with Crippen molar-refractivity contribution in [1.29, 1.82) is 0 Å². The second kappa shape index (κ2) is 6.60. The van der Waals surface area contributed by atoms with E-state index in [9.17, 15) is 9.59 Å². The summed E-state index contributed by atoms with van der Waals surface area (Å²) in [5.74, 6) is 0.381. The molecule has 0 bridgehead atoms. The highest BCUT2D eigenvalue weighted by Gasteiger charge is 2.27. The van der Waals surface area contributed by atoms with Gasteiger partial charge in [-0.1, -0.05) is 0 Å². The zero-order valence-corrected chi connectivity index (χ0v) is 14.5. The third-order valence-electron chi connectivity index (χ3n) is 3.02. The number of nitrogens with zero attached hydrogens (tertiary/aromatic N) is 2. The molecule has 2 heterocycles. The van der Waals surface area contributed by atoms with Gasteiger partial charge in [0.25, 0.3) is 0 Å². The van der Waals surface area contributed by atoms with Gasteiger partial charge in [0.05, 0.1) is 0 Å². The molecular formula is C14H20BrN3O4. The fourth-order valence-corrected chi connectivity index (χ4v) is 2.29. The van der Waals surface area contributed by atoms with Gasteiger partial charge in [-0.05, 0) is 42.8 Å². The Morgan fingerprint density at radius 3 is 2.27 bits per heavy atom. The first-order valence-corrected chi connectivity index (χ1v) is 7.83. The van der Waals surface area contributed by atoms with Crippen LogP contribution < -0.4 is 5.32 Å². The molecule has 3 amide bonds. The van der Waals surface area contributed by atoms with Crippen LogP contribution in [-0.2, 0) is 4.74 Å². The molecule has 1 aliphatic rings. The number of rotatable bonds is 1. The first-order chi connectivity index (χ1) is 10.2. The maximum atomic E-state index is 12.1. The van der Waals surface area contributed by atoms with Crippen molar-refractivity contribution in [2.24, 2.45) is 0 Å². The minimum atomic E-state index is -0.516. The maximum Gasteiger partial charge on any atom is 0.410 e. The summed E-state index contributed by atoms with van der Waals surface area (Å²) < 4.78 is 11.1. The van der Waals surface area contributed by atoms with Crippen molar-refractivity contribution in [2.75, 3.05) is 31.5 Å². The van der Waals surface area contributed by atoms with Crippen LogP contribution >= 0.6 is 15.9 Å². The lowest BCUT2D eigenvalue weighted by Gasteiger charge is -2.35. The smallest absolute Gasteiger partial charge is 0.410 e. The SMILES string of the molecule is CC(C)(C)OC(=O)N1CCN(C(=O)Nc2ccc(Br)o2)CC1. The first-order valence-electron chi connectivity index (χ1n) is 7.04. The average molecular weight is 374 g/mol. The maximum absolute atomic E-state index is 12.1. The van der Waals surface area contributed by atoms with E-state index in [0.717, 1.165) is 0 Å². The molecule has 122 valence electrons. The predicted octanol–water partition coefficient (Wildman–Crippen LogP) is 3.13. The molecule has 0 aliphatic carbocycles. The van der Waals surface area contributed by atoms with Crippen molar-refractivity contribution in [1.82, 2.24) is 9.80 Å². The summed E-state index contributed by atoms with van der Waals surface area (Å²) in [6.07, 6.45) is -0.345. The third kappa shape index (κ3) is 4.66. The number of anilines is 1. The number of hydrogen-bond donors (Lipinski definition) is 1. The van der Waals surface area contributed by atoms with Gasteiger partial charge < -0.3 is 19.0 Å². The largest absolute Gasteiger partial charge is 0.444 e. The van der Waals surface area contributed by atoms with Crippen LogP contribution in [0.3, 0.4) is 0 Å². The van der Waals surface area contributed by atoms with E-state index < -0.39 is 5.60 Å². The molecule has 0 spiro atoms. The van der Waals surface area contributed by atoms with Crippen LogP contribution in [0, 0.1) is 0 Å². The van der Waals surface area contributed by atoms with E-state index in [1.54, 1.807) is 21.9 Å². The second-order valence-electron chi connectivity index (χ2n) is 5.99. The summed E-state index contributed by atoms with van der Waals surface area (Å²) in [5.41, 5.74) is -0.516. The highest BCUT2D eigenvalue weighted by Crippen LogP contribution is 2.19. The fourth-order valence-electron chi connectivity index (χ4n) is 1.98. The van der Waals surface area contributed by atoms with Crippen LogP contribution in [0.2, 0.25) is 0 Å². The Balaban J connectivity index is 1.81. The Bertz CT molecular complexity index is 545. The number of ether oxygens (including phenoxy) is 1. The van der Waals surface area contributed by atoms with Gasteiger partial charge in [0.1, 0.15) is 5.60 Å². The van der Waals surface area contributed by atoms with Crippen LogP contribution in [0.1, 0.15) is 20.8 Å². The van der Waals surface area contributed by atoms with E-state index in [4.69, 9.17) is 9.15 Å². The van der Waals surface area contributed by atoms with Crippen LogP contribution in [0.25, 0.3) is 0 Å². The number of amides is 3. The highest BCUT2D eigenvalue weighted by atomic mass is 79.9. The quantitative estimate of drug-likeness (QED) is 0.820. The Morgan fingerprint density at radius 1 is 1.18 bits per heavy atom. The van der Waals surface area contributed by atoms with Crippen molar-refractivity contribution < 1.29 is 18.7 Å². The summed E-state index contributed by atoms with van der Waals surface area (Å²) in [4.78, 5) is 27.3. The lowest BCUT2D eigenvalue weighted by atomic mass is 10.2. The monoisotopic (exact) mass is 373 g/mol. The molecular weight excluding hydrogens is 354 g/mol. The normalized spacial score (nSPS) is 15.6. The summed E-state index contributed by atoms with van der Waals surface area (Å²) in [6.45, 7) is 7.29. The van der Waals surface area contributed by atoms with Crippen molar-refractivity contribution in [3.8, 4) is 0 Å². The summed E-state index contributed by atoms with van der Waals surface area (Å²) in [5, 5.41) is 2.67. The number of carbonyl (C=O) groups is 2. The average Bonchev–Trinajstić information content (AvgIpc) is 2.82. The molecule has 0 saturated carbocycles. The minimum Gasteiger partial charge on any atom is -0.444 e. The number of carbonyl (C=O) groups excluding carboxylic acids is 2. The van der Waals surface area contributed by atoms with E-state index >= 15 is 0 Å². The molecule has 1 aromatic heterocycles. The first kappa shape index (κ1) is 16.7. The molecule has 0 radical (unpaired) electrons. The standard InChI is InChI=1S/C14H20BrN3O4/c1-14(2,3)22-13(20)18-8-6-17(7-9-18)12(19)16-11-5-4-10(15)21-11/h4-5H,6-9H2,1-3H3,(H,16,19). The molecule has 22 heavy (non-hydrogen) atoms. The number of furan rings is 1. The molecule has 1 saturated heterocycles. The zero-order chi connectivity index (χ0) is 16.3. The zero-order valence-electron chi connectivity index (χ0n) is 12.9. The van der Waals surface area contributed by atoms with Gasteiger partial charge >= 0.3 is 12.1 Å². The fraction of sp³-hybridized carbons (Fsp3) is 0.571. The van der Waals surface area contributed by atoms with E-state index in [2.05, 4.69) is 21.2 Å². The summed E-state index contributed by atoms with van der Waals surface area (Å²) in [7, 11) is 0. The van der Waals surface area contributed by atoms with Gasteiger partial charge in [0, 0.05) is 32.2 Å². The van der Waals surface area contributed by atoms with E-state index in [-0.39, 0.29) is 12.1 Å². The Morgan fingerprint density at radius 2 is 1.77 bits per heavy atom. The van der Waals surface area contributed by atoms with Crippen molar-refractivity contribution >= 4 is 33.9 Å². The molecule has 8 heteroatoms. The van der Waals surface area contributed by atoms with Crippen LogP contribution in [0.15, 0.2) is 21.2 Å². The number of hydrogen-bond acceptors (Lipinski definition) is 4. The number of halogens is 1. The van der Waals surface area contributed by atoms with Crippen molar-refractivity contribution in [2.45, 2.75) is 26.4 Å². The van der Waals surface area contributed by atoms with Gasteiger partial charge in [0.15, 0.2) is 4.67 Å². The van der Waals surface area contributed by atoms with Gasteiger partial charge in [-0.2, -0.15) is 0 Å². The molecule has 1 aliphatic heterocycles. The minimum absolute atomic E-state index is 0.245. The van der Waals surface area contributed by atoms with E-state index in [1.807, 2.05) is 20.8 Å².